The summed E-state index contributed by atoms with van der Waals surface area (Å²) in [7, 11) is 0. The maximum atomic E-state index is 8.55. The summed E-state index contributed by atoms with van der Waals surface area (Å²) in [6, 6.07) is 7.07. The number of oxime groups is 2. The van der Waals surface area contributed by atoms with Gasteiger partial charge in [-0.3, -0.25) is 0 Å². The first-order valence-electron chi connectivity index (χ1n) is 3.43. The minimum atomic E-state index is 0.204. The number of hydrogen-bond donors (Lipinski definition) is 2. The van der Waals surface area contributed by atoms with E-state index in [1.807, 2.05) is 0 Å². The first kappa shape index (κ1) is 9.73. The van der Waals surface area contributed by atoms with Gasteiger partial charge in [-0.05, 0) is 12.1 Å². The molecule has 0 bridgehead atoms. The van der Waals surface area contributed by atoms with Crippen molar-refractivity contribution in [2.45, 2.75) is 0 Å². The molecule has 0 aliphatic heterocycles. The van der Waals surface area contributed by atoms with Crippen molar-refractivity contribution in [2.24, 2.45) is 10.3 Å². The van der Waals surface area contributed by atoms with E-state index < -0.39 is 0 Å². The largest absolute Gasteiger partial charge is 0.411 e. The predicted octanol–water partition coefficient (Wildman–Crippen LogP) is 2.09. The Bertz CT molecular complexity index is 333. The lowest BCUT2D eigenvalue weighted by atomic mass is 10.1. The highest BCUT2D eigenvalue weighted by Gasteiger charge is 2.00. The summed E-state index contributed by atoms with van der Waals surface area (Å²) >= 11 is 3.27. The summed E-state index contributed by atoms with van der Waals surface area (Å²) in [6.07, 6.45) is 1.06. The van der Waals surface area contributed by atoms with Crippen LogP contribution in [0.15, 0.2) is 39.0 Å². The van der Waals surface area contributed by atoms with E-state index in [0.717, 1.165) is 10.7 Å². The van der Waals surface area contributed by atoms with Gasteiger partial charge in [0.05, 0.1) is 6.21 Å². The van der Waals surface area contributed by atoms with Crippen LogP contribution in [0.3, 0.4) is 0 Å². The zero-order chi connectivity index (χ0) is 9.68. The molecular formula is C8H7BrN2O2. The molecule has 13 heavy (non-hydrogen) atoms. The number of nitrogens with zero attached hydrogens (tertiary/aromatic N) is 2. The molecule has 0 radical (unpaired) electrons. The van der Waals surface area contributed by atoms with Crippen molar-refractivity contribution in [1.29, 1.82) is 0 Å². The van der Waals surface area contributed by atoms with Crippen LogP contribution >= 0.6 is 15.9 Å². The Balaban J connectivity index is 3.00. The molecule has 0 heterocycles. The summed E-state index contributed by atoms with van der Waals surface area (Å²) in [5, 5.41) is 22.6. The number of halogens is 1. The van der Waals surface area contributed by atoms with Crippen molar-refractivity contribution in [3.05, 3.63) is 34.3 Å². The van der Waals surface area contributed by atoms with Crippen LogP contribution in [0.4, 0.5) is 0 Å². The SMILES string of the molecule is O/N=C\C(=N/O)c1ccc(Br)cc1. The Hall–Kier alpha value is -1.36. The van der Waals surface area contributed by atoms with Crippen LogP contribution in [-0.2, 0) is 0 Å². The topological polar surface area (TPSA) is 65.2 Å². The normalized spacial score (nSPS) is 12.2. The van der Waals surface area contributed by atoms with Crippen molar-refractivity contribution in [1.82, 2.24) is 0 Å². The molecule has 0 saturated heterocycles. The average Bonchev–Trinajstić information content (AvgIpc) is 2.16. The summed E-state index contributed by atoms with van der Waals surface area (Å²) < 4.78 is 0.925. The number of benzene rings is 1. The van der Waals surface area contributed by atoms with Crippen LogP contribution in [0.5, 0.6) is 0 Å². The second-order valence-corrected chi connectivity index (χ2v) is 3.15. The first-order valence-corrected chi connectivity index (χ1v) is 4.22. The Morgan fingerprint density at radius 1 is 1.23 bits per heavy atom. The Morgan fingerprint density at radius 3 is 2.31 bits per heavy atom. The maximum absolute atomic E-state index is 8.55. The van der Waals surface area contributed by atoms with Gasteiger partial charge in [0.25, 0.3) is 0 Å². The van der Waals surface area contributed by atoms with Gasteiger partial charge in [-0.25, -0.2) is 0 Å². The van der Waals surface area contributed by atoms with Crippen LogP contribution in [0.1, 0.15) is 5.56 Å². The van der Waals surface area contributed by atoms with E-state index in [0.29, 0.717) is 5.56 Å². The van der Waals surface area contributed by atoms with Crippen LogP contribution in [0.2, 0.25) is 0 Å². The van der Waals surface area contributed by atoms with Gasteiger partial charge < -0.3 is 10.4 Å². The van der Waals surface area contributed by atoms with Crippen molar-refractivity contribution in [2.75, 3.05) is 0 Å². The van der Waals surface area contributed by atoms with E-state index in [1.54, 1.807) is 24.3 Å². The van der Waals surface area contributed by atoms with E-state index in [9.17, 15) is 0 Å². The molecule has 0 aliphatic rings. The highest BCUT2D eigenvalue weighted by molar-refractivity contribution is 9.10. The molecule has 1 rings (SSSR count). The fraction of sp³-hybridized carbons (Fsp3) is 0. The van der Waals surface area contributed by atoms with Gasteiger partial charge in [-0.1, -0.05) is 38.4 Å². The lowest BCUT2D eigenvalue weighted by Crippen LogP contribution is -2.01. The fourth-order valence-corrected chi connectivity index (χ4v) is 1.10. The summed E-state index contributed by atoms with van der Waals surface area (Å²) in [5.74, 6) is 0. The molecule has 68 valence electrons. The molecular weight excluding hydrogens is 236 g/mol. The Kier molecular flexibility index (Phi) is 3.45. The minimum absolute atomic E-state index is 0.204. The average molecular weight is 243 g/mol. The van der Waals surface area contributed by atoms with Crippen LogP contribution in [0, 0.1) is 0 Å². The van der Waals surface area contributed by atoms with Crippen molar-refractivity contribution in [3.63, 3.8) is 0 Å². The third-order valence-electron chi connectivity index (χ3n) is 1.43. The zero-order valence-electron chi connectivity index (χ0n) is 6.55. The zero-order valence-corrected chi connectivity index (χ0v) is 8.14. The Morgan fingerprint density at radius 2 is 1.85 bits per heavy atom. The van der Waals surface area contributed by atoms with Gasteiger partial charge in [0.15, 0.2) is 0 Å². The highest BCUT2D eigenvalue weighted by atomic mass is 79.9. The molecule has 0 fully saturated rings. The molecule has 5 heteroatoms. The quantitative estimate of drug-likeness (QED) is 0.474. The van der Waals surface area contributed by atoms with Gasteiger partial charge >= 0.3 is 0 Å². The monoisotopic (exact) mass is 242 g/mol. The molecule has 1 aromatic rings. The van der Waals surface area contributed by atoms with Crippen molar-refractivity contribution < 1.29 is 10.4 Å². The smallest absolute Gasteiger partial charge is 0.131 e. The van der Waals surface area contributed by atoms with E-state index in [-0.39, 0.29) is 5.71 Å². The highest BCUT2D eigenvalue weighted by Crippen LogP contribution is 2.10. The molecule has 0 unspecified atom stereocenters. The van der Waals surface area contributed by atoms with Crippen LogP contribution < -0.4 is 0 Å². The summed E-state index contributed by atoms with van der Waals surface area (Å²) in [4.78, 5) is 0. The van der Waals surface area contributed by atoms with Gasteiger partial charge in [0, 0.05) is 10.0 Å². The third kappa shape index (κ3) is 2.55. The maximum Gasteiger partial charge on any atom is 0.131 e. The Labute approximate surface area is 83.3 Å². The van der Waals surface area contributed by atoms with Gasteiger partial charge in [-0.15, -0.1) is 0 Å². The first-order chi connectivity index (χ1) is 6.27. The number of hydrogen-bond acceptors (Lipinski definition) is 4. The van der Waals surface area contributed by atoms with Gasteiger partial charge in [-0.2, -0.15) is 0 Å². The second-order valence-electron chi connectivity index (χ2n) is 2.24. The molecule has 2 N–H and O–H groups in total. The van der Waals surface area contributed by atoms with Gasteiger partial charge in [0.1, 0.15) is 5.71 Å². The van der Waals surface area contributed by atoms with E-state index in [4.69, 9.17) is 10.4 Å². The molecule has 1 aromatic carbocycles. The molecule has 4 nitrogen and oxygen atoms in total. The molecule has 0 saturated carbocycles. The summed E-state index contributed by atoms with van der Waals surface area (Å²) in [5.41, 5.74) is 0.874. The standard InChI is InChI=1S/C8H7BrN2O2/c9-7-3-1-6(2-4-7)8(11-13)5-10-12/h1-5,12-13H/b10-5-,11-8+. The lowest BCUT2D eigenvalue weighted by Gasteiger charge is -1.97. The molecule has 0 spiro atoms. The van der Waals surface area contributed by atoms with Crippen LogP contribution in [0.25, 0.3) is 0 Å². The lowest BCUT2D eigenvalue weighted by molar-refractivity contribution is 0.316. The van der Waals surface area contributed by atoms with Gasteiger partial charge in [0.2, 0.25) is 0 Å². The van der Waals surface area contributed by atoms with E-state index in [1.165, 1.54) is 0 Å². The fourth-order valence-electron chi connectivity index (χ4n) is 0.833. The predicted molar refractivity (Wildman–Crippen MR) is 52.7 cm³/mol. The minimum Gasteiger partial charge on any atom is -0.411 e. The summed E-state index contributed by atoms with van der Waals surface area (Å²) in [6.45, 7) is 0. The third-order valence-corrected chi connectivity index (χ3v) is 1.96. The molecule has 0 atom stereocenters. The molecule has 0 amide bonds. The molecule has 0 aromatic heterocycles. The van der Waals surface area contributed by atoms with Crippen molar-refractivity contribution in [3.8, 4) is 0 Å². The van der Waals surface area contributed by atoms with Crippen molar-refractivity contribution >= 4 is 27.9 Å². The van der Waals surface area contributed by atoms with Crippen LogP contribution in [-0.4, -0.2) is 22.3 Å². The molecule has 0 aliphatic carbocycles. The van der Waals surface area contributed by atoms with E-state index >= 15 is 0 Å². The number of rotatable bonds is 2. The van der Waals surface area contributed by atoms with E-state index in [2.05, 4.69) is 26.2 Å². The second kappa shape index (κ2) is 4.61.